The van der Waals surface area contributed by atoms with Gasteiger partial charge in [-0.25, -0.2) is 8.78 Å². The Balaban J connectivity index is 0.00000108. The molecule has 3 unspecified atom stereocenters. The van der Waals surface area contributed by atoms with Crippen LogP contribution in [0.25, 0.3) is 0 Å². The quantitative estimate of drug-likeness (QED) is 0.829. The zero-order valence-corrected chi connectivity index (χ0v) is 10.6. The molecule has 3 atom stereocenters. The molecule has 0 aromatic carbocycles. The Morgan fingerprint density at radius 2 is 1.65 bits per heavy atom. The third kappa shape index (κ3) is 2.32. The van der Waals surface area contributed by atoms with Gasteiger partial charge in [-0.1, -0.05) is 0 Å². The normalized spacial score (nSPS) is 40.9. The van der Waals surface area contributed by atoms with E-state index in [1.165, 1.54) is 0 Å². The molecular weight excluding hydrogens is 248 g/mol. The highest BCUT2D eigenvalue weighted by Gasteiger charge is 2.72. The van der Waals surface area contributed by atoms with E-state index in [0.29, 0.717) is 13.2 Å². The van der Waals surface area contributed by atoms with Crippen LogP contribution >= 0.6 is 12.4 Å². The van der Waals surface area contributed by atoms with E-state index in [2.05, 4.69) is 5.32 Å². The first kappa shape index (κ1) is 13.5. The molecule has 2 nitrogen and oxygen atoms in total. The maximum Gasteiger partial charge on any atom is 0.255 e. The number of nitrogens with one attached hydrogen (secondary N) is 1. The second-order valence-electron chi connectivity index (χ2n) is 5.43. The number of hydrogen-bond donors (Lipinski definition) is 1. The molecule has 0 aromatic heterocycles. The van der Waals surface area contributed by atoms with Crippen LogP contribution < -0.4 is 5.32 Å². The fourth-order valence-electron chi connectivity index (χ4n) is 3.65. The summed E-state index contributed by atoms with van der Waals surface area (Å²) in [5.74, 6) is -2.66. The van der Waals surface area contributed by atoms with Gasteiger partial charge in [-0.3, -0.25) is 0 Å². The summed E-state index contributed by atoms with van der Waals surface area (Å²) in [6.07, 6.45) is 2.59. The van der Waals surface area contributed by atoms with Gasteiger partial charge in [-0.15, -0.1) is 12.4 Å². The van der Waals surface area contributed by atoms with Crippen molar-refractivity contribution in [2.45, 2.75) is 25.2 Å². The summed E-state index contributed by atoms with van der Waals surface area (Å²) in [6, 6.07) is 0. The molecule has 1 aliphatic carbocycles. The van der Waals surface area contributed by atoms with Crippen molar-refractivity contribution in [2.75, 3.05) is 26.3 Å². The molecule has 3 aliphatic rings. The van der Waals surface area contributed by atoms with Gasteiger partial charge in [0.15, 0.2) is 0 Å². The van der Waals surface area contributed by atoms with Gasteiger partial charge < -0.3 is 10.1 Å². The summed E-state index contributed by atoms with van der Waals surface area (Å²) < 4.78 is 32.9. The maximum absolute atomic E-state index is 13.8. The van der Waals surface area contributed by atoms with E-state index >= 15 is 0 Å². The average molecular weight is 268 g/mol. The molecule has 17 heavy (non-hydrogen) atoms. The van der Waals surface area contributed by atoms with E-state index in [9.17, 15) is 8.78 Å². The third-order valence-electron chi connectivity index (χ3n) is 4.55. The number of hydrogen-bond acceptors (Lipinski definition) is 2. The standard InChI is InChI=1S/C12H19F2NO.ClH/c13-12(14)10(8-2-5-16-6-3-8)11(12)9-1-4-15-7-9;/h8-11,15H,1-7H2;1H. The van der Waals surface area contributed by atoms with Crippen LogP contribution in [0.4, 0.5) is 8.78 Å². The van der Waals surface area contributed by atoms with Crippen LogP contribution in [0.2, 0.25) is 0 Å². The maximum atomic E-state index is 13.8. The van der Waals surface area contributed by atoms with Crippen molar-refractivity contribution in [3.8, 4) is 0 Å². The highest BCUT2D eigenvalue weighted by Crippen LogP contribution is 2.64. The number of halogens is 3. The lowest BCUT2D eigenvalue weighted by molar-refractivity contribution is 0.0283. The predicted octanol–water partition coefficient (Wildman–Crippen LogP) is 2.33. The Morgan fingerprint density at radius 3 is 2.24 bits per heavy atom. The predicted molar refractivity (Wildman–Crippen MR) is 63.7 cm³/mol. The molecule has 0 amide bonds. The lowest BCUT2D eigenvalue weighted by atomic mass is 9.90. The average Bonchev–Trinajstić information content (AvgIpc) is 2.70. The van der Waals surface area contributed by atoms with Gasteiger partial charge in [0.1, 0.15) is 0 Å². The first-order chi connectivity index (χ1) is 7.71. The lowest BCUT2D eigenvalue weighted by Crippen LogP contribution is -2.20. The van der Waals surface area contributed by atoms with Crippen LogP contribution in [-0.2, 0) is 4.74 Å². The van der Waals surface area contributed by atoms with Crippen molar-refractivity contribution in [1.29, 1.82) is 0 Å². The molecule has 0 bridgehead atoms. The molecule has 1 saturated carbocycles. The van der Waals surface area contributed by atoms with Crippen LogP contribution in [0.5, 0.6) is 0 Å². The molecule has 0 aromatic rings. The number of rotatable bonds is 2. The molecule has 3 fully saturated rings. The fourth-order valence-corrected chi connectivity index (χ4v) is 3.65. The third-order valence-corrected chi connectivity index (χ3v) is 4.55. The Labute approximate surface area is 107 Å². The molecule has 2 heterocycles. The highest BCUT2D eigenvalue weighted by molar-refractivity contribution is 5.85. The Bertz CT molecular complexity index is 265. The zero-order valence-electron chi connectivity index (χ0n) is 9.83. The summed E-state index contributed by atoms with van der Waals surface area (Å²) in [5, 5.41) is 3.20. The van der Waals surface area contributed by atoms with Gasteiger partial charge in [-0.2, -0.15) is 0 Å². The van der Waals surface area contributed by atoms with Crippen molar-refractivity contribution >= 4 is 12.4 Å². The van der Waals surface area contributed by atoms with Gasteiger partial charge in [0.2, 0.25) is 0 Å². The van der Waals surface area contributed by atoms with Gasteiger partial charge in [-0.05, 0) is 44.2 Å². The Kier molecular flexibility index (Phi) is 3.96. The second kappa shape index (κ2) is 4.98. The van der Waals surface area contributed by atoms with Crippen molar-refractivity contribution in [1.82, 2.24) is 5.32 Å². The van der Waals surface area contributed by atoms with E-state index in [4.69, 9.17) is 4.74 Å². The second-order valence-corrected chi connectivity index (χ2v) is 5.43. The smallest absolute Gasteiger partial charge is 0.255 e. The molecule has 5 heteroatoms. The molecule has 1 N–H and O–H groups in total. The minimum absolute atomic E-state index is 0. The molecule has 3 rings (SSSR count). The van der Waals surface area contributed by atoms with E-state index in [-0.39, 0.29) is 36.1 Å². The van der Waals surface area contributed by atoms with Crippen molar-refractivity contribution in [2.24, 2.45) is 23.7 Å². The molecule has 2 saturated heterocycles. The topological polar surface area (TPSA) is 21.3 Å². The lowest BCUT2D eigenvalue weighted by Gasteiger charge is -2.22. The first-order valence-electron chi connectivity index (χ1n) is 6.37. The Hall–Kier alpha value is 0.0700. The molecule has 2 aliphatic heterocycles. The van der Waals surface area contributed by atoms with Crippen molar-refractivity contribution < 1.29 is 13.5 Å². The van der Waals surface area contributed by atoms with E-state index in [1.807, 2.05) is 0 Å². The summed E-state index contributed by atoms with van der Waals surface area (Å²) >= 11 is 0. The van der Waals surface area contributed by atoms with E-state index < -0.39 is 5.92 Å². The monoisotopic (exact) mass is 267 g/mol. The first-order valence-corrected chi connectivity index (χ1v) is 6.37. The van der Waals surface area contributed by atoms with E-state index in [0.717, 1.165) is 32.4 Å². The zero-order chi connectivity index (χ0) is 11.2. The van der Waals surface area contributed by atoms with E-state index in [1.54, 1.807) is 0 Å². The minimum atomic E-state index is -2.39. The number of alkyl halides is 2. The highest BCUT2D eigenvalue weighted by atomic mass is 35.5. The Morgan fingerprint density at radius 1 is 1.00 bits per heavy atom. The number of ether oxygens (including phenoxy) is 1. The van der Waals surface area contributed by atoms with Gasteiger partial charge in [0, 0.05) is 25.0 Å². The molecule has 0 radical (unpaired) electrons. The van der Waals surface area contributed by atoms with Gasteiger partial charge in [0.25, 0.3) is 5.92 Å². The van der Waals surface area contributed by atoms with Crippen LogP contribution in [0, 0.1) is 23.7 Å². The molecular formula is C12H20ClF2NO. The molecule has 0 spiro atoms. The molecule has 100 valence electrons. The van der Waals surface area contributed by atoms with Crippen LogP contribution in [-0.4, -0.2) is 32.2 Å². The van der Waals surface area contributed by atoms with Gasteiger partial charge in [0.05, 0.1) is 0 Å². The largest absolute Gasteiger partial charge is 0.381 e. The summed E-state index contributed by atoms with van der Waals surface area (Å²) in [7, 11) is 0. The summed E-state index contributed by atoms with van der Waals surface area (Å²) in [4.78, 5) is 0. The van der Waals surface area contributed by atoms with Gasteiger partial charge >= 0.3 is 0 Å². The van der Waals surface area contributed by atoms with Crippen molar-refractivity contribution in [3.05, 3.63) is 0 Å². The van der Waals surface area contributed by atoms with Crippen LogP contribution in [0.3, 0.4) is 0 Å². The van der Waals surface area contributed by atoms with Crippen LogP contribution in [0.15, 0.2) is 0 Å². The summed E-state index contributed by atoms with van der Waals surface area (Å²) in [6.45, 7) is 3.05. The van der Waals surface area contributed by atoms with Crippen molar-refractivity contribution in [3.63, 3.8) is 0 Å². The summed E-state index contributed by atoms with van der Waals surface area (Å²) in [5.41, 5.74) is 0. The SMILES string of the molecule is Cl.FC1(F)C(C2CCOCC2)C1C1CCNC1. The minimum Gasteiger partial charge on any atom is -0.381 e. The fraction of sp³-hybridized carbons (Fsp3) is 1.00. The van der Waals surface area contributed by atoms with Crippen LogP contribution in [0.1, 0.15) is 19.3 Å².